The topological polar surface area (TPSA) is 34.4 Å². The second-order valence-corrected chi connectivity index (χ2v) is 5.05. The molecule has 0 aliphatic heterocycles. The first-order valence-electron chi connectivity index (χ1n) is 7.05. The van der Waals surface area contributed by atoms with Crippen LogP contribution in [0.3, 0.4) is 0 Å². The average Bonchev–Trinajstić information content (AvgIpc) is 2.79. The molecule has 0 aliphatic rings. The fourth-order valence-corrected chi connectivity index (χ4v) is 2.01. The van der Waals surface area contributed by atoms with Gasteiger partial charge < -0.3 is 14.5 Å². The molecule has 1 aromatic heterocycles. The number of hydrogen-bond acceptors (Lipinski definition) is 3. The molecule has 104 valence electrons. The van der Waals surface area contributed by atoms with E-state index in [4.69, 9.17) is 9.15 Å². The number of benzene rings is 1. The molecule has 0 spiro atoms. The molecule has 0 saturated carbocycles. The second-order valence-electron chi connectivity index (χ2n) is 5.05. The molecule has 0 unspecified atom stereocenters. The third-order valence-electron chi connectivity index (χ3n) is 2.97. The van der Waals surface area contributed by atoms with Gasteiger partial charge in [-0.15, -0.1) is 0 Å². The van der Waals surface area contributed by atoms with E-state index < -0.39 is 0 Å². The van der Waals surface area contributed by atoms with Crippen LogP contribution in [0.2, 0.25) is 0 Å². The van der Waals surface area contributed by atoms with E-state index in [9.17, 15) is 0 Å². The van der Waals surface area contributed by atoms with Crippen LogP contribution < -0.4 is 5.32 Å². The standard InChI is InChI=1S/C16H23NO2/c1-13(2)18-10-6-5-9-17-12-15-11-14-7-3-4-8-16(14)19-15/h3-4,7-8,11,13,17H,5-6,9-10,12H2,1-2H3. The minimum absolute atomic E-state index is 0.337. The summed E-state index contributed by atoms with van der Waals surface area (Å²) < 4.78 is 11.2. The Kier molecular flexibility index (Phi) is 5.43. The van der Waals surface area contributed by atoms with Gasteiger partial charge in [0, 0.05) is 12.0 Å². The summed E-state index contributed by atoms with van der Waals surface area (Å²) in [4.78, 5) is 0. The van der Waals surface area contributed by atoms with Crippen molar-refractivity contribution in [3.8, 4) is 0 Å². The van der Waals surface area contributed by atoms with E-state index in [-0.39, 0.29) is 0 Å². The molecule has 0 radical (unpaired) electrons. The lowest BCUT2D eigenvalue weighted by atomic mass is 10.2. The number of furan rings is 1. The Balaban J connectivity index is 1.63. The van der Waals surface area contributed by atoms with Crippen LogP contribution >= 0.6 is 0 Å². The minimum atomic E-state index is 0.337. The smallest absolute Gasteiger partial charge is 0.134 e. The monoisotopic (exact) mass is 261 g/mol. The predicted octanol–water partition coefficient (Wildman–Crippen LogP) is 3.73. The summed E-state index contributed by atoms with van der Waals surface area (Å²) in [6, 6.07) is 10.2. The Morgan fingerprint density at radius 2 is 2.05 bits per heavy atom. The predicted molar refractivity (Wildman–Crippen MR) is 78.2 cm³/mol. The van der Waals surface area contributed by atoms with E-state index in [1.54, 1.807) is 0 Å². The van der Waals surface area contributed by atoms with Gasteiger partial charge in [-0.05, 0) is 45.4 Å². The normalized spacial score (nSPS) is 11.5. The highest BCUT2D eigenvalue weighted by Crippen LogP contribution is 2.18. The highest BCUT2D eigenvalue weighted by Gasteiger charge is 2.01. The van der Waals surface area contributed by atoms with E-state index in [0.717, 1.165) is 43.9 Å². The number of fused-ring (bicyclic) bond motifs is 1. The third-order valence-corrected chi connectivity index (χ3v) is 2.97. The van der Waals surface area contributed by atoms with Crippen molar-refractivity contribution < 1.29 is 9.15 Å². The van der Waals surface area contributed by atoms with Gasteiger partial charge >= 0.3 is 0 Å². The van der Waals surface area contributed by atoms with Gasteiger partial charge in [0.05, 0.1) is 12.6 Å². The van der Waals surface area contributed by atoms with Crippen molar-refractivity contribution in [1.82, 2.24) is 5.32 Å². The first-order chi connectivity index (χ1) is 9.25. The number of hydrogen-bond donors (Lipinski definition) is 1. The molecule has 0 fully saturated rings. The Morgan fingerprint density at radius 3 is 2.84 bits per heavy atom. The fraction of sp³-hybridized carbons (Fsp3) is 0.500. The van der Waals surface area contributed by atoms with Gasteiger partial charge in [0.15, 0.2) is 0 Å². The van der Waals surface area contributed by atoms with Crippen LogP contribution in [-0.4, -0.2) is 19.3 Å². The highest BCUT2D eigenvalue weighted by molar-refractivity contribution is 5.77. The molecular formula is C16H23NO2. The Morgan fingerprint density at radius 1 is 1.21 bits per heavy atom. The van der Waals surface area contributed by atoms with Crippen LogP contribution in [0.15, 0.2) is 34.7 Å². The van der Waals surface area contributed by atoms with E-state index in [0.29, 0.717) is 6.10 Å². The first-order valence-corrected chi connectivity index (χ1v) is 7.05. The summed E-state index contributed by atoms with van der Waals surface area (Å²) in [5, 5.41) is 4.57. The van der Waals surface area contributed by atoms with Gasteiger partial charge in [0.25, 0.3) is 0 Å². The molecule has 1 N–H and O–H groups in total. The average molecular weight is 261 g/mol. The van der Waals surface area contributed by atoms with E-state index in [1.807, 2.05) is 18.2 Å². The number of nitrogens with one attached hydrogen (secondary N) is 1. The molecule has 3 nitrogen and oxygen atoms in total. The largest absolute Gasteiger partial charge is 0.460 e. The van der Waals surface area contributed by atoms with Crippen molar-refractivity contribution in [2.24, 2.45) is 0 Å². The molecule has 0 aliphatic carbocycles. The van der Waals surface area contributed by atoms with Crippen LogP contribution in [-0.2, 0) is 11.3 Å². The number of unbranched alkanes of at least 4 members (excludes halogenated alkanes) is 1. The zero-order valence-electron chi connectivity index (χ0n) is 11.8. The summed E-state index contributed by atoms with van der Waals surface area (Å²) in [7, 11) is 0. The zero-order valence-corrected chi connectivity index (χ0v) is 11.8. The Bertz CT molecular complexity index is 457. The summed E-state index contributed by atoms with van der Waals surface area (Å²) in [5.74, 6) is 1.000. The third kappa shape index (κ3) is 4.69. The maximum Gasteiger partial charge on any atom is 0.134 e. The molecule has 3 heteroatoms. The van der Waals surface area contributed by atoms with Gasteiger partial charge in [0.1, 0.15) is 11.3 Å². The molecule has 0 atom stereocenters. The molecule has 1 heterocycles. The summed E-state index contributed by atoms with van der Waals surface area (Å²) in [6.07, 6.45) is 2.57. The van der Waals surface area contributed by atoms with Gasteiger partial charge in [0.2, 0.25) is 0 Å². The zero-order chi connectivity index (χ0) is 13.5. The van der Waals surface area contributed by atoms with Crippen LogP contribution in [0.1, 0.15) is 32.4 Å². The van der Waals surface area contributed by atoms with Gasteiger partial charge in [-0.1, -0.05) is 18.2 Å². The van der Waals surface area contributed by atoms with Crippen molar-refractivity contribution in [2.45, 2.75) is 39.3 Å². The van der Waals surface area contributed by atoms with Crippen LogP contribution in [0.4, 0.5) is 0 Å². The van der Waals surface area contributed by atoms with Crippen molar-refractivity contribution in [1.29, 1.82) is 0 Å². The van der Waals surface area contributed by atoms with Crippen molar-refractivity contribution >= 4 is 11.0 Å². The SMILES string of the molecule is CC(C)OCCCCNCc1cc2ccccc2o1. The van der Waals surface area contributed by atoms with Crippen LogP contribution in [0, 0.1) is 0 Å². The van der Waals surface area contributed by atoms with E-state index >= 15 is 0 Å². The Labute approximate surface area is 114 Å². The van der Waals surface area contributed by atoms with Crippen molar-refractivity contribution in [2.75, 3.05) is 13.2 Å². The minimum Gasteiger partial charge on any atom is -0.460 e. The summed E-state index contributed by atoms with van der Waals surface area (Å²) >= 11 is 0. The highest BCUT2D eigenvalue weighted by atomic mass is 16.5. The van der Waals surface area contributed by atoms with Gasteiger partial charge in [-0.25, -0.2) is 0 Å². The molecule has 19 heavy (non-hydrogen) atoms. The quantitative estimate of drug-likeness (QED) is 0.735. The lowest BCUT2D eigenvalue weighted by Gasteiger charge is -2.07. The second kappa shape index (κ2) is 7.31. The van der Waals surface area contributed by atoms with Crippen LogP contribution in [0.5, 0.6) is 0 Å². The molecule has 0 bridgehead atoms. The maximum absolute atomic E-state index is 5.74. The van der Waals surface area contributed by atoms with E-state index in [2.05, 4.69) is 31.3 Å². The number of ether oxygens (including phenoxy) is 1. The Hall–Kier alpha value is -1.32. The molecular weight excluding hydrogens is 238 g/mol. The fourth-order valence-electron chi connectivity index (χ4n) is 2.01. The first kappa shape index (κ1) is 14.1. The van der Waals surface area contributed by atoms with E-state index in [1.165, 1.54) is 5.39 Å². The lowest BCUT2D eigenvalue weighted by molar-refractivity contribution is 0.0760. The maximum atomic E-state index is 5.74. The number of rotatable bonds is 8. The van der Waals surface area contributed by atoms with Crippen LogP contribution in [0.25, 0.3) is 11.0 Å². The molecule has 2 aromatic rings. The molecule has 0 saturated heterocycles. The summed E-state index contributed by atoms with van der Waals surface area (Å²) in [5.41, 5.74) is 0.963. The van der Waals surface area contributed by atoms with Crippen molar-refractivity contribution in [3.63, 3.8) is 0 Å². The lowest BCUT2D eigenvalue weighted by Crippen LogP contribution is -2.15. The molecule has 1 aromatic carbocycles. The molecule has 2 rings (SSSR count). The molecule has 0 amide bonds. The summed E-state index contributed by atoms with van der Waals surface area (Å²) in [6.45, 7) is 6.78. The van der Waals surface area contributed by atoms with Crippen molar-refractivity contribution in [3.05, 3.63) is 36.1 Å². The van der Waals surface area contributed by atoms with Gasteiger partial charge in [-0.2, -0.15) is 0 Å². The van der Waals surface area contributed by atoms with Gasteiger partial charge in [-0.3, -0.25) is 0 Å². The number of para-hydroxylation sites is 1.